The Hall–Kier alpha value is -4.02. The van der Waals surface area contributed by atoms with Gasteiger partial charge in [0.05, 0.1) is 17.3 Å². The molecule has 0 amide bonds. The number of aromatic carboxylic acids is 1. The van der Waals surface area contributed by atoms with Crippen molar-refractivity contribution < 1.29 is 23.8 Å². The summed E-state index contributed by atoms with van der Waals surface area (Å²) in [5, 5.41) is 22.4. The van der Waals surface area contributed by atoms with Crippen LogP contribution in [0.1, 0.15) is 53.2 Å². The van der Waals surface area contributed by atoms with Crippen LogP contribution in [0, 0.1) is 0 Å². The minimum Gasteiger partial charge on any atom is -0.491 e. The Balaban J connectivity index is 1.49. The van der Waals surface area contributed by atoms with Gasteiger partial charge >= 0.3 is 5.97 Å². The molecular weight excluding hydrogens is 549 g/mol. The summed E-state index contributed by atoms with van der Waals surface area (Å²) in [6.45, 7) is 2.82. The fourth-order valence-corrected chi connectivity index (χ4v) is 6.33. The summed E-state index contributed by atoms with van der Waals surface area (Å²) >= 11 is 0. The number of carbonyl (C=O) groups is 1. The van der Waals surface area contributed by atoms with Gasteiger partial charge < -0.3 is 29.4 Å². The summed E-state index contributed by atoms with van der Waals surface area (Å²) in [7, 11) is 4.06. The first kappa shape index (κ1) is 29.1. The number of nitrogens with one attached hydrogen (secondary N) is 1. The average molecular weight is 588 g/mol. The van der Waals surface area contributed by atoms with Crippen molar-refractivity contribution in [1.29, 1.82) is 0 Å². The van der Waals surface area contributed by atoms with Crippen molar-refractivity contribution in [2.45, 2.75) is 57.0 Å². The minimum atomic E-state index is -0.986. The molecule has 226 valence electrons. The van der Waals surface area contributed by atoms with Crippen LogP contribution in [0.2, 0.25) is 0 Å². The summed E-state index contributed by atoms with van der Waals surface area (Å²) in [4.78, 5) is 14.2. The Morgan fingerprint density at radius 1 is 1.19 bits per heavy atom. The lowest BCUT2D eigenvalue weighted by Crippen LogP contribution is -2.42. The number of halogens is 1. The molecular formula is C33H38FN5O4. The molecule has 1 aliphatic carbocycles. The van der Waals surface area contributed by atoms with Crippen LogP contribution in [-0.2, 0) is 13.2 Å². The zero-order valence-corrected chi connectivity index (χ0v) is 24.6. The van der Waals surface area contributed by atoms with Crippen LogP contribution in [0.15, 0.2) is 54.7 Å². The lowest BCUT2D eigenvalue weighted by molar-refractivity contribution is 0.0697. The number of rotatable bonds is 9. The molecule has 1 saturated carbocycles. The van der Waals surface area contributed by atoms with E-state index in [1.807, 2.05) is 50.5 Å². The van der Waals surface area contributed by atoms with E-state index in [1.54, 1.807) is 18.3 Å². The van der Waals surface area contributed by atoms with Gasteiger partial charge in [-0.15, -0.1) is 0 Å². The first-order chi connectivity index (χ1) is 20.9. The molecule has 1 fully saturated rings. The van der Waals surface area contributed by atoms with Crippen LogP contribution in [0.5, 0.6) is 11.5 Å². The molecule has 3 heterocycles. The molecule has 9 nitrogen and oxygen atoms in total. The Labute approximate surface area is 250 Å². The van der Waals surface area contributed by atoms with E-state index in [-0.39, 0.29) is 24.1 Å². The Morgan fingerprint density at radius 2 is 2.05 bits per heavy atom. The van der Waals surface area contributed by atoms with Gasteiger partial charge in [-0.05, 0) is 68.9 Å². The van der Waals surface area contributed by atoms with Crippen LogP contribution in [0.4, 0.5) is 4.39 Å². The SMILES string of the molecule is CN(C)CCNC1COc2cc(OCc3cccnn3)ccc2-c2c(C3CCCC[C@@H]3F)c3ccc(C(=O)O)cc3n2C1. The number of hydrogen-bond acceptors (Lipinski definition) is 7. The van der Waals surface area contributed by atoms with E-state index in [2.05, 4.69) is 25.0 Å². The second-order valence-corrected chi connectivity index (χ2v) is 11.7. The van der Waals surface area contributed by atoms with E-state index in [9.17, 15) is 9.90 Å². The quantitative estimate of drug-likeness (QED) is 0.273. The van der Waals surface area contributed by atoms with Gasteiger partial charge in [0.15, 0.2) is 0 Å². The molecule has 2 aromatic carbocycles. The smallest absolute Gasteiger partial charge is 0.335 e. The second kappa shape index (κ2) is 12.7. The van der Waals surface area contributed by atoms with E-state index in [1.165, 1.54) is 0 Å². The predicted molar refractivity (Wildman–Crippen MR) is 163 cm³/mol. The molecule has 0 bridgehead atoms. The summed E-state index contributed by atoms with van der Waals surface area (Å²) in [6.07, 6.45) is 3.75. The van der Waals surface area contributed by atoms with Gasteiger partial charge in [-0.3, -0.25) is 0 Å². The molecule has 6 rings (SSSR count). The van der Waals surface area contributed by atoms with Crippen molar-refractivity contribution in [1.82, 2.24) is 25.0 Å². The van der Waals surface area contributed by atoms with Crippen LogP contribution in [0.25, 0.3) is 22.2 Å². The van der Waals surface area contributed by atoms with Crippen LogP contribution in [0.3, 0.4) is 0 Å². The molecule has 0 radical (unpaired) electrons. The van der Waals surface area contributed by atoms with Gasteiger partial charge in [-0.25, -0.2) is 9.18 Å². The highest BCUT2D eigenvalue weighted by atomic mass is 19.1. The van der Waals surface area contributed by atoms with Crippen molar-refractivity contribution in [2.75, 3.05) is 33.8 Å². The minimum absolute atomic E-state index is 0.0690. The monoisotopic (exact) mass is 587 g/mol. The van der Waals surface area contributed by atoms with Crippen molar-refractivity contribution in [3.63, 3.8) is 0 Å². The number of carboxylic acid groups (broad SMARTS) is 1. The van der Waals surface area contributed by atoms with E-state index < -0.39 is 12.1 Å². The first-order valence-electron chi connectivity index (χ1n) is 15.0. The summed E-state index contributed by atoms with van der Waals surface area (Å²) in [6, 6.07) is 14.6. The Bertz CT molecular complexity index is 1590. The number of benzene rings is 2. The third-order valence-electron chi connectivity index (χ3n) is 8.46. The summed E-state index contributed by atoms with van der Waals surface area (Å²) < 4.78 is 30.5. The fraction of sp³-hybridized carbons (Fsp3) is 0.424. The maximum absolute atomic E-state index is 15.7. The fourth-order valence-electron chi connectivity index (χ4n) is 6.33. The number of fused-ring (bicyclic) bond motifs is 5. The Kier molecular flexibility index (Phi) is 8.58. The van der Waals surface area contributed by atoms with E-state index >= 15 is 4.39 Å². The van der Waals surface area contributed by atoms with Gasteiger partial charge in [0.1, 0.15) is 36.6 Å². The molecule has 2 aromatic heterocycles. The van der Waals surface area contributed by atoms with Crippen molar-refractivity contribution in [2.24, 2.45) is 0 Å². The zero-order chi connectivity index (χ0) is 29.9. The van der Waals surface area contributed by atoms with Crippen molar-refractivity contribution >= 4 is 16.9 Å². The van der Waals surface area contributed by atoms with Crippen LogP contribution >= 0.6 is 0 Å². The normalized spacial score (nSPS) is 20.1. The summed E-state index contributed by atoms with van der Waals surface area (Å²) in [5.74, 6) is -0.00501. The van der Waals surface area contributed by atoms with E-state index in [4.69, 9.17) is 9.47 Å². The maximum Gasteiger partial charge on any atom is 0.335 e. The number of nitrogens with zero attached hydrogens (tertiary/aromatic N) is 4. The molecule has 3 atom stereocenters. The van der Waals surface area contributed by atoms with Gasteiger partial charge in [0.25, 0.3) is 0 Å². The molecule has 43 heavy (non-hydrogen) atoms. The molecule has 0 saturated heterocycles. The number of likely N-dealkylation sites (N-methyl/N-ethyl adjacent to an activating group) is 1. The van der Waals surface area contributed by atoms with Gasteiger partial charge in [0.2, 0.25) is 0 Å². The zero-order valence-electron chi connectivity index (χ0n) is 24.6. The average Bonchev–Trinajstić information content (AvgIpc) is 3.30. The van der Waals surface area contributed by atoms with Crippen molar-refractivity contribution in [3.8, 4) is 22.8 Å². The van der Waals surface area contributed by atoms with Gasteiger partial charge in [-0.2, -0.15) is 10.2 Å². The first-order valence-corrected chi connectivity index (χ1v) is 15.0. The largest absolute Gasteiger partial charge is 0.491 e. The number of ether oxygens (including phenoxy) is 2. The highest BCUT2D eigenvalue weighted by molar-refractivity contribution is 5.98. The molecule has 2 N–H and O–H groups in total. The third-order valence-corrected chi connectivity index (χ3v) is 8.46. The van der Waals surface area contributed by atoms with Gasteiger partial charge in [0, 0.05) is 54.3 Å². The molecule has 0 spiro atoms. The molecule has 1 aliphatic heterocycles. The third kappa shape index (κ3) is 6.21. The van der Waals surface area contributed by atoms with Crippen LogP contribution < -0.4 is 14.8 Å². The van der Waals surface area contributed by atoms with Crippen molar-refractivity contribution in [3.05, 3.63) is 71.5 Å². The lowest BCUT2D eigenvalue weighted by Gasteiger charge is -2.30. The standard InChI is InChI=1S/C33H38FN5O4/c1-38(2)15-14-35-23-18-39-29-16-21(33(40)41)9-11-26(29)31(25-7-3-4-8-28(25)34)32(39)27-12-10-24(17-30(27)43-20-23)42-19-22-6-5-13-36-37-22/h5-6,9-13,16-17,23,25,28,35H,3-4,7-8,14-15,18-20H2,1-2H3,(H,40,41)/t23?,25?,28-/m0/s1. The maximum atomic E-state index is 15.7. The van der Waals surface area contributed by atoms with E-state index in [0.29, 0.717) is 36.8 Å². The topological polar surface area (TPSA) is 102 Å². The molecule has 10 heteroatoms. The molecule has 2 aliphatic rings. The molecule has 2 unspecified atom stereocenters. The second-order valence-electron chi connectivity index (χ2n) is 11.7. The number of aromatic nitrogens is 3. The predicted octanol–water partition coefficient (Wildman–Crippen LogP) is 5.28. The molecule has 4 aromatic rings. The van der Waals surface area contributed by atoms with Crippen LogP contribution in [-0.4, -0.2) is 76.7 Å². The van der Waals surface area contributed by atoms with Gasteiger partial charge in [-0.1, -0.05) is 18.9 Å². The lowest BCUT2D eigenvalue weighted by atomic mass is 9.80. The highest BCUT2D eigenvalue weighted by Crippen LogP contribution is 2.48. The van der Waals surface area contributed by atoms with E-state index in [0.717, 1.165) is 60.1 Å². The number of hydrogen-bond donors (Lipinski definition) is 2. The number of carboxylic acids is 1. The highest BCUT2D eigenvalue weighted by Gasteiger charge is 2.35. The summed E-state index contributed by atoms with van der Waals surface area (Å²) in [5.41, 5.74) is 4.40. The number of alkyl halides is 1. The Morgan fingerprint density at radius 3 is 2.81 bits per heavy atom.